The number of aromatic nitrogens is 1. The number of ether oxygens (including phenoxy) is 1. The quantitative estimate of drug-likeness (QED) is 0.785. The highest BCUT2D eigenvalue weighted by Crippen LogP contribution is 2.46. The number of amides is 1. The van der Waals surface area contributed by atoms with Crippen LogP contribution in [0.1, 0.15) is 37.1 Å². The Morgan fingerprint density at radius 1 is 1.27 bits per heavy atom. The number of likely N-dealkylation sites (tertiary alicyclic amines) is 2. The van der Waals surface area contributed by atoms with E-state index in [2.05, 4.69) is 26.9 Å². The van der Waals surface area contributed by atoms with Gasteiger partial charge in [-0.05, 0) is 63.7 Å². The molecule has 26 heavy (non-hydrogen) atoms. The Morgan fingerprint density at radius 3 is 2.69 bits per heavy atom. The molecule has 5 nitrogen and oxygen atoms in total. The second-order valence-corrected chi connectivity index (χ2v) is 8.58. The van der Waals surface area contributed by atoms with Crippen LogP contribution in [0.15, 0.2) is 18.2 Å². The van der Waals surface area contributed by atoms with E-state index in [0.717, 1.165) is 62.9 Å². The lowest BCUT2D eigenvalue weighted by Crippen LogP contribution is -2.45. The van der Waals surface area contributed by atoms with Crippen LogP contribution in [0.4, 0.5) is 0 Å². The van der Waals surface area contributed by atoms with Crippen molar-refractivity contribution in [3.63, 3.8) is 0 Å². The SMILES string of the molecule is COC[C@@H]1C(=O)N(CC2CC2)CC12CCN(Cc1cccc(C)n1)CC2. The van der Waals surface area contributed by atoms with E-state index in [1.165, 1.54) is 12.8 Å². The highest BCUT2D eigenvalue weighted by molar-refractivity contribution is 5.82. The van der Waals surface area contributed by atoms with Crippen molar-refractivity contribution in [3.8, 4) is 0 Å². The Balaban J connectivity index is 1.41. The van der Waals surface area contributed by atoms with Crippen LogP contribution in [-0.2, 0) is 16.1 Å². The second-order valence-electron chi connectivity index (χ2n) is 8.58. The number of hydrogen-bond donors (Lipinski definition) is 0. The van der Waals surface area contributed by atoms with E-state index in [4.69, 9.17) is 4.74 Å². The molecule has 2 aliphatic heterocycles. The van der Waals surface area contributed by atoms with Gasteiger partial charge in [0.15, 0.2) is 0 Å². The van der Waals surface area contributed by atoms with Crippen molar-refractivity contribution >= 4 is 5.91 Å². The summed E-state index contributed by atoms with van der Waals surface area (Å²) < 4.78 is 5.46. The predicted molar refractivity (Wildman–Crippen MR) is 101 cm³/mol. The van der Waals surface area contributed by atoms with Gasteiger partial charge in [-0.25, -0.2) is 0 Å². The minimum absolute atomic E-state index is 0.0468. The largest absolute Gasteiger partial charge is 0.384 e. The molecule has 3 aliphatic rings. The van der Waals surface area contributed by atoms with Gasteiger partial charge in [-0.3, -0.25) is 14.7 Å². The van der Waals surface area contributed by atoms with Crippen LogP contribution in [0.2, 0.25) is 0 Å². The summed E-state index contributed by atoms with van der Waals surface area (Å²) in [7, 11) is 1.73. The zero-order valence-electron chi connectivity index (χ0n) is 16.1. The maximum Gasteiger partial charge on any atom is 0.228 e. The van der Waals surface area contributed by atoms with Gasteiger partial charge in [0.05, 0.1) is 18.2 Å². The van der Waals surface area contributed by atoms with Gasteiger partial charge in [-0.2, -0.15) is 0 Å². The van der Waals surface area contributed by atoms with E-state index >= 15 is 0 Å². The number of methoxy groups -OCH3 is 1. The van der Waals surface area contributed by atoms with Gasteiger partial charge in [-0.15, -0.1) is 0 Å². The molecule has 1 atom stereocenters. The Hall–Kier alpha value is -1.46. The summed E-state index contributed by atoms with van der Waals surface area (Å²) in [5, 5.41) is 0. The lowest BCUT2D eigenvalue weighted by molar-refractivity contribution is -0.133. The van der Waals surface area contributed by atoms with Gasteiger partial charge in [-0.1, -0.05) is 6.07 Å². The van der Waals surface area contributed by atoms with Gasteiger partial charge in [0, 0.05) is 37.9 Å². The maximum atomic E-state index is 13.0. The molecule has 0 aromatic carbocycles. The molecule has 1 saturated carbocycles. The third-order valence-electron chi connectivity index (χ3n) is 6.55. The zero-order valence-corrected chi connectivity index (χ0v) is 16.1. The lowest BCUT2D eigenvalue weighted by atomic mass is 9.71. The number of nitrogens with zero attached hydrogens (tertiary/aromatic N) is 3. The van der Waals surface area contributed by atoms with Gasteiger partial charge in [0.2, 0.25) is 5.91 Å². The van der Waals surface area contributed by atoms with Crippen molar-refractivity contribution in [3.05, 3.63) is 29.6 Å². The molecule has 1 aromatic heterocycles. The monoisotopic (exact) mass is 357 g/mol. The van der Waals surface area contributed by atoms with Crippen LogP contribution in [0, 0.1) is 24.2 Å². The summed E-state index contributed by atoms with van der Waals surface area (Å²) in [5.74, 6) is 1.14. The standard InChI is InChI=1S/C21H31N3O2/c1-16-4-3-5-18(22-16)13-23-10-8-21(9-11-23)15-24(12-17-6-7-17)20(25)19(21)14-26-2/h3-5,17,19H,6-15H2,1-2H3/t19-/m1/s1. The molecule has 4 rings (SSSR count). The summed E-state index contributed by atoms with van der Waals surface area (Å²) in [6.07, 6.45) is 4.76. The molecule has 0 bridgehead atoms. The van der Waals surface area contributed by atoms with Gasteiger partial charge >= 0.3 is 0 Å². The normalized spacial score (nSPS) is 26.0. The third-order valence-corrected chi connectivity index (χ3v) is 6.55. The van der Waals surface area contributed by atoms with Crippen LogP contribution in [0.25, 0.3) is 0 Å². The van der Waals surface area contributed by atoms with Crippen LogP contribution in [0.3, 0.4) is 0 Å². The molecule has 0 radical (unpaired) electrons. The van der Waals surface area contributed by atoms with Crippen LogP contribution in [0.5, 0.6) is 0 Å². The number of pyridine rings is 1. The first-order valence-corrected chi connectivity index (χ1v) is 10.0. The predicted octanol–water partition coefficient (Wildman–Crippen LogP) is 2.49. The molecule has 1 aliphatic carbocycles. The molecule has 142 valence electrons. The lowest BCUT2D eigenvalue weighted by Gasteiger charge is -2.41. The van der Waals surface area contributed by atoms with Crippen molar-refractivity contribution in [1.29, 1.82) is 0 Å². The molecule has 5 heteroatoms. The fourth-order valence-corrected chi connectivity index (χ4v) is 4.81. The van der Waals surface area contributed by atoms with E-state index in [-0.39, 0.29) is 11.3 Å². The first-order valence-electron chi connectivity index (χ1n) is 10.0. The highest BCUT2D eigenvalue weighted by atomic mass is 16.5. The van der Waals surface area contributed by atoms with Gasteiger partial charge in [0.25, 0.3) is 0 Å². The number of carbonyl (C=O) groups excluding carboxylic acids is 1. The van der Waals surface area contributed by atoms with Gasteiger partial charge < -0.3 is 9.64 Å². The number of hydrogen-bond acceptors (Lipinski definition) is 4. The smallest absolute Gasteiger partial charge is 0.228 e. The maximum absolute atomic E-state index is 13.0. The Morgan fingerprint density at radius 2 is 2.04 bits per heavy atom. The van der Waals surface area contributed by atoms with Crippen molar-refractivity contribution in [1.82, 2.24) is 14.8 Å². The molecule has 3 heterocycles. The fraction of sp³-hybridized carbons (Fsp3) is 0.714. The van der Waals surface area contributed by atoms with Crippen LogP contribution in [-0.4, -0.2) is 60.6 Å². The number of piperidine rings is 1. The average Bonchev–Trinajstić information content (AvgIpc) is 3.40. The van der Waals surface area contributed by atoms with Crippen molar-refractivity contribution in [2.45, 2.75) is 39.2 Å². The fourth-order valence-electron chi connectivity index (χ4n) is 4.81. The molecule has 0 N–H and O–H groups in total. The van der Waals surface area contributed by atoms with E-state index in [1.54, 1.807) is 7.11 Å². The number of aryl methyl sites for hydroxylation is 1. The zero-order chi connectivity index (χ0) is 18.1. The minimum atomic E-state index is 0.0468. The van der Waals surface area contributed by atoms with E-state index in [1.807, 2.05) is 13.0 Å². The number of carbonyl (C=O) groups is 1. The summed E-state index contributed by atoms with van der Waals surface area (Å²) in [4.78, 5) is 22.2. The Kier molecular flexibility index (Phi) is 5.02. The minimum Gasteiger partial charge on any atom is -0.384 e. The highest BCUT2D eigenvalue weighted by Gasteiger charge is 2.53. The van der Waals surface area contributed by atoms with E-state index in [0.29, 0.717) is 12.5 Å². The molecular formula is C21H31N3O2. The Labute approximate surface area is 156 Å². The molecule has 2 saturated heterocycles. The van der Waals surface area contributed by atoms with Crippen LogP contribution >= 0.6 is 0 Å². The van der Waals surface area contributed by atoms with E-state index in [9.17, 15) is 4.79 Å². The van der Waals surface area contributed by atoms with Crippen molar-refractivity contribution in [2.75, 3.05) is 39.9 Å². The second kappa shape index (κ2) is 7.28. The number of rotatable bonds is 6. The molecular weight excluding hydrogens is 326 g/mol. The molecule has 3 fully saturated rings. The third kappa shape index (κ3) is 3.65. The molecule has 1 spiro atoms. The topological polar surface area (TPSA) is 45.7 Å². The van der Waals surface area contributed by atoms with Crippen molar-refractivity contribution < 1.29 is 9.53 Å². The Bertz CT molecular complexity index is 650. The van der Waals surface area contributed by atoms with Gasteiger partial charge in [0.1, 0.15) is 0 Å². The molecule has 1 amide bonds. The van der Waals surface area contributed by atoms with Crippen LogP contribution < -0.4 is 0 Å². The average molecular weight is 357 g/mol. The molecule has 0 unspecified atom stereocenters. The summed E-state index contributed by atoms with van der Waals surface area (Å²) in [6.45, 7) is 7.51. The summed E-state index contributed by atoms with van der Waals surface area (Å²) in [5.41, 5.74) is 2.33. The first-order chi connectivity index (χ1) is 12.6. The summed E-state index contributed by atoms with van der Waals surface area (Å²) in [6, 6.07) is 6.24. The molecule has 1 aromatic rings. The first kappa shape index (κ1) is 17.9. The van der Waals surface area contributed by atoms with E-state index < -0.39 is 0 Å². The summed E-state index contributed by atoms with van der Waals surface area (Å²) >= 11 is 0. The van der Waals surface area contributed by atoms with Crippen molar-refractivity contribution in [2.24, 2.45) is 17.3 Å².